The van der Waals surface area contributed by atoms with Gasteiger partial charge in [-0.25, -0.2) is 9.78 Å². The molecule has 100 valence electrons. The van der Waals surface area contributed by atoms with Gasteiger partial charge in [0, 0.05) is 24.2 Å². The third-order valence-electron chi connectivity index (χ3n) is 3.17. The van der Waals surface area contributed by atoms with E-state index in [1.54, 1.807) is 30.1 Å². The number of nitrogen functional groups attached to an aromatic ring is 1. The van der Waals surface area contributed by atoms with Crippen molar-refractivity contribution < 1.29 is 9.90 Å². The Bertz CT molecular complexity index is 806. The minimum absolute atomic E-state index is 0.0597. The summed E-state index contributed by atoms with van der Waals surface area (Å²) in [5.41, 5.74) is 8.24. The van der Waals surface area contributed by atoms with Gasteiger partial charge in [0.2, 0.25) is 0 Å². The highest BCUT2D eigenvalue weighted by Gasteiger charge is 2.15. The first-order chi connectivity index (χ1) is 9.56. The zero-order valence-electron chi connectivity index (χ0n) is 10.7. The normalized spacial score (nSPS) is 10.8. The van der Waals surface area contributed by atoms with E-state index in [0.29, 0.717) is 11.2 Å². The molecule has 1 aromatic carbocycles. The van der Waals surface area contributed by atoms with E-state index >= 15 is 0 Å². The Hall–Kier alpha value is -2.89. The van der Waals surface area contributed by atoms with Gasteiger partial charge in [-0.05, 0) is 29.8 Å². The first-order valence-electron chi connectivity index (χ1n) is 5.98. The highest BCUT2D eigenvalue weighted by Crippen LogP contribution is 2.26. The Kier molecular flexibility index (Phi) is 2.64. The molecule has 0 saturated heterocycles. The van der Waals surface area contributed by atoms with E-state index in [-0.39, 0.29) is 5.69 Å². The third-order valence-corrected chi connectivity index (χ3v) is 3.17. The molecule has 0 bridgehead atoms. The summed E-state index contributed by atoms with van der Waals surface area (Å²) in [7, 11) is 1.72. The summed E-state index contributed by atoms with van der Waals surface area (Å²) in [5.74, 6) is -0.568. The number of nitrogens with zero attached hydrogens (tertiary/aromatic N) is 3. The van der Waals surface area contributed by atoms with Crippen LogP contribution < -0.4 is 5.73 Å². The molecule has 20 heavy (non-hydrogen) atoms. The van der Waals surface area contributed by atoms with Crippen molar-refractivity contribution in [2.45, 2.75) is 0 Å². The number of hydrogen-bond acceptors (Lipinski definition) is 4. The van der Waals surface area contributed by atoms with Gasteiger partial charge >= 0.3 is 5.97 Å². The molecule has 0 radical (unpaired) electrons. The van der Waals surface area contributed by atoms with Crippen molar-refractivity contribution in [1.82, 2.24) is 14.8 Å². The average molecular weight is 268 g/mol. The highest BCUT2D eigenvalue weighted by molar-refractivity contribution is 6.02. The minimum Gasteiger partial charge on any atom is -0.476 e. The number of hydrogen-bond donors (Lipinski definition) is 2. The average Bonchev–Trinajstić information content (AvgIpc) is 2.77. The molecule has 3 N–H and O–H groups in total. The molecule has 6 heteroatoms. The van der Waals surface area contributed by atoms with E-state index in [9.17, 15) is 4.79 Å². The number of aromatic nitrogens is 3. The predicted octanol–water partition coefficient (Wildman–Crippen LogP) is 1.92. The van der Waals surface area contributed by atoms with Crippen molar-refractivity contribution in [2.24, 2.45) is 7.05 Å². The van der Waals surface area contributed by atoms with E-state index in [2.05, 4.69) is 10.1 Å². The summed E-state index contributed by atoms with van der Waals surface area (Å²) in [4.78, 5) is 15.2. The molecule has 0 aliphatic rings. The first kappa shape index (κ1) is 12.2. The lowest BCUT2D eigenvalue weighted by molar-refractivity contribution is 0.0691. The van der Waals surface area contributed by atoms with Crippen LogP contribution in [-0.2, 0) is 7.05 Å². The van der Waals surface area contributed by atoms with E-state index in [0.717, 1.165) is 16.6 Å². The van der Waals surface area contributed by atoms with Gasteiger partial charge in [0.25, 0.3) is 0 Å². The van der Waals surface area contributed by atoms with Gasteiger partial charge < -0.3 is 10.8 Å². The minimum atomic E-state index is -1.03. The second-order valence-corrected chi connectivity index (χ2v) is 4.48. The van der Waals surface area contributed by atoms with Crippen molar-refractivity contribution in [3.8, 4) is 11.1 Å². The molecular formula is C14H12N4O2. The van der Waals surface area contributed by atoms with Gasteiger partial charge in [-0.1, -0.05) is 6.07 Å². The van der Waals surface area contributed by atoms with Gasteiger partial charge in [-0.2, -0.15) is 5.10 Å². The lowest BCUT2D eigenvalue weighted by atomic mass is 10.1. The van der Waals surface area contributed by atoms with Crippen molar-refractivity contribution in [1.29, 1.82) is 0 Å². The topological polar surface area (TPSA) is 94.0 Å². The maximum atomic E-state index is 11.1. The molecule has 6 nitrogen and oxygen atoms in total. The second-order valence-electron chi connectivity index (χ2n) is 4.48. The molecule has 2 aromatic heterocycles. The van der Waals surface area contributed by atoms with E-state index < -0.39 is 5.97 Å². The van der Waals surface area contributed by atoms with E-state index in [1.165, 1.54) is 0 Å². The SMILES string of the molecule is Cn1nc(C(=O)O)c2ccc(-c3ccc(N)nc3)cc21. The van der Waals surface area contributed by atoms with Crippen LogP contribution in [0.15, 0.2) is 36.5 Å². The van der Waals surface area contributed by atoms with Gasteiger partial charge in [0.05, 0.1) is 5.52 Å². The summed E-state index contributed by atoms with van der Waals surface area (Å²) in [6.07, 6.45) is 1.69. The standard InChI is InChI=1S/C14H12N4O2/c1-18-11-6-8(9-3-5-12(15)16-7-9)2-4-10(11)13(17-18)14(19)20/h2-7H,1H3,(H2,15,16)(H,19,20). The Morgan fingerprint density at radius 3 is 2.65 bits per heavy atom. The van der Waals surface area contributed by atoms with Gasteiger partial charge in [-0.15, -0.1) is 0 Å². The lowest BCUT2D eigenvalue weighted by Crippen LogP contribution is -1.99. The Labute approximate surface area is 114 Å². The quantitative estimate of drug-likeness (QED) is 0.740. The summed E-state index contributed by atoms with van der Waals surface area (Å²) in [6.45, 7) is 0. The van der Waals surface area contributed by atoms with Crippen LogP contribution >= 0.6 is 0 Å². The van der Waals surface area contributed by atoms with Crippen LogP contribution in [0.25, 0.3) is 22.0 Å². The van der Waals surface area contributed by atoms with Crippen LogP contribution in [0, 0.1) is 0 Å². The fourth-order valence-corrected chi connectivity index (χ4v) is 2.17. The molecule has 3 rings (SSSR count). The molecule has 0 fully saturated rings. The molecule has 3 aromatic rings. The number of anilines is 1. The molecule has 0 unspecified atom stereocenters. The number of fused-ring (bicyclic) bond motifs is 1. The largest absolute Gasteiger partial charge is 0.476 e. The zero-order chi connectivity index (χ0) is 14.3. The fraction of sp³-hybridized carbons (Fsp3) is 0.0714. The maximum absolute atomic E-state index is 11.1. The summed E-state index contributed by atoms with van der Waals surface area (Å²) < 4.78 is 1.56. The van der Waals surface area contributed by atoms with Gasteiger partial charge in [0.15, 0.2) is 5.69 Å². The fourth-order valence-electron chi connectivity index (χ4n) is 2.17. The molecule has 0 amide bonds. The molecule has 2 heterocycles. The van der Waals surface area contributed by atoms with Crippen LogP contribution in [0.1, 0.15) is 10.5 Å². The summed E-state index contributed by atoms with van der Waals surface area (Å²) >= 11 is 0. The number of rotatable bonds is 2. The smallest absolute Gasteiger partial charge is 0.357 e. The van der Waals surface area contributed by atoms with E-state index in [4.69, 9.17) is 10.8 Å². The molecule has 0 spiro atoms. The highest BCUT2D eigenvalue weighted by atomic mass is 16.4. The number of carboxylic acid groups (broad SMARTS) is 1. The van der Waals surface area contributed by atoms with Crippen molar-refractivity contribution >= 4 is 22.7 Å². The number of aryl methyl sites for hydroxylation is 1. The van der Waals surface area contributed by atoms with Crippen LogP contribution in [-0.4, -0.2) is 25.8 Å². The van der Waals surface area contributed by atoms with Crippen molar-refractivity contribution in [3.63, 3.8) is 0 Å². The van der Waals surface area contributed by atoms with E-state index in [1.807, 2.05) is 18.2 Å². The molecular weight excluding hydrogens is 256 g/mol. The Morgan fingerprint density at radius 2 is 2.00 bits per heavy atom. The van der Waals surface area contributed by atoms with Crippen LogP contribution in [0.2, 0.25) is 0 Å². The van der Waals surface area contributed by atoms with Crippen LogP contribution in [0.5, 0.6) is 0 Å². The summed E-state index contributed by atoms with van der Waals surface area (Å²) in [6, 6.07) is 9.10. The monoisotopic (exact) mass is 268 g/mol. The number of carboxylic acids is 1. The van der Waals surface area contributed by atoms with Gasteiger partial charge in [0.1, 0.15) is 5.82 Å². The lowest BCUT2D eigenvalue weighted by Gasteiger charge is -2.03. The second kappa shape index (κ2) is 4.34. The molecule has 0 saturated carbocycles. The molecule has 0 aliphatic heterocycles. The Balaban J connectivity index is 2.18. The maximum Gasteiger partial charge on any atom is 0.357 e. The molecule has 0 aliphatic carbocycles. The Morgan fingerprint density at radius 1 is 1.25 bits per heavy atom. The first-order valence-corrected chi connectivity index (χ1v) is 5.98. The molecule has 0 atom stereocenters. The number of pyridine rings is 1. The zero-order valence-corrected chi connectivity index (χ0v) is 10.7. The number of benzene rings is 1. The summed E-state index contributed by atoms with van der Waals surface area (Å²) in [5, 5.41) is 13.8. The number of carbonyl (C=O) groups is 1. The van der Waals surface area contributed by atoms with Crippen molar-refractivity contribution in [2.75, 3.05) is 5.73 Å². The van der Waals surface area contributed by atoms with Crippen LogP contribution in [0.3, 0.4) is 0 Å². The third kappa shape index (κ3) is 1.87. The predicted molar refractivity (Wildman–Crippen MR) is 75.3 cm³/mol. The number of nitrogens with two attached hydrogens (primary N) is 1. The van der Waals surface area contributed by atoms with Crippen molar-refractivity contribution in [3.05, 3.63) is 42.2 Å². The van der Waals surface area contributed by atoms with Gasteiger partial charge in [-0.3, -0.25) is 4.68 Å². The van der Waals surface area contributed by atoms with Crippen LogP contribution in [0.4, 0.5) is 5.82 Å². The number of aromatic carboxylic acids is 1.